The van der Waals surface area contributed by atoms with Crippen molar-refractivity contribution < 1.29 is 14.7 Å². The van der Waals surface area contributed by atoms with Crippen LogP contribution >= 0.6 is 0 Å². The van der Waals surface area contributed by atoms with Gasteiger partial charge in [-0.3, -0.25) is 4.79 Å². The molecule has 98 valence electrons. The van der Waals surface area contributed by atoms with E-state index in [-0.39, 0.29) is 12.6 Å². The van der Waals surface area contributed by atoms with Crippen LogP contribution in [0, 0.1) is 5.92 Å². The molecular formula is C11H21N3O3. The van der Waals surface area contributed by atoms with E-state index in [2.05, 4.69) is 17.3 Å². The number of rotatable bonds is 4. The molecular weight excluding hydrogens is 222 g/mol. The van der Waals surface area contributed by atoms with Crippen molar-refractivity contribution in [3.63, 3.8) is 0 Å². The first-order chi connectivity index (χ1) is 7.99. The third-order valence-corrected chi connectivity index (χ3v) is 3.11. The maximum absolute atomic E-state index is 11.5. The molecule has 2 amide bonds. The molecule has 0 aromatic heterocycles. The molecule has 1 rings (SSSR count). The molecule has 1 saturated heterocycles. The molecule has 17 heavy (non-hydrogen) atoms. The average Bonchev–Trinajstić information content (AvgIpc) is 2.28. The van der Waals surface area contributed by atoms with Crippen molar-refractivity contribution >= 4 is 12.0 Å². The van der Waals surface area contributed by atoms with Gasteiger partial charge in [-0.05, 0) is 38.9 Å². The Hall–Kier alpha value is -1.30. The van der Waals surface area contributed by atoms with Crippen molar-refractivity contribution in [1.82, 2.24) is 15.1 Å². The number of carboxylic acid groups (broad SMARTS) is 1. The van der Waals surface area contributed by atoms with Gasteiger partial charge in [-0.1, -0.05) is 0 Å². The molecule has 1 heterocycles. The van der Waals surface area contributed by atoms with Gasteiger partial charge in [0.25, 0.3) is 0 Å². The zero-order valence-electron chi connectivity index (χ0n) is 10.5. The Labute approximate surface area is 102 Å². The van der Waals surface area contributed by atoms with Crippen molar-refractivity contribution in [2.24, 2.45) is 5.92 Å². The summed E-state index contributed by atoms with van der Waals surface area (Å²) in [6, 6.07) is -0.314. The lowest BCUT2D eigenvalue weighted by atomic mass is 9.97. The Bertz CT molecular complexity index is 275. The van der Waals surface area contributed by atoms with Gasteiger partial charge in [-0.2, -0.15) is 0 Å². The fourth-order valence-electron chi connectivity index (χ4n) is 2.00. The first kappa shape index (κ1) is 13.8. The van der Waals surface area contributed by atoms with E-state index < -0.39 is 5.97 Å². The van der Waals surface area contributed by atoms with Crippen molar-refractivity contribution in [3.05, 3.63) is 0 Å². The number of hydrogen-bond donors (Lipinski definition) is 2. The van der Waals surface area contributed by atoms with E-state index in [4.69, 9.17) is 5.11 Å². The predicted octanol–water partition coefficient (Wildman–Crippen LogP) is 0.0542. The van der Waals surface area contributed by atoms with Crippen LogP contribution in [0.2, 0.25) is 0 Å². The third kappa shape index (κ3) is 5.04. The van der Waals surface area contributed by atoms with Gasteiger partial charge in [0.1, 0.15) is 6.54 Å². The molecule has 2 N–H and O–H groups in total. The molecule has 6 heteroatoms. The number of hydrogen-bond acceptors (Lipinski definition) is 3. The number of piperidine rings is 1. The minimum atomic E-state index is -1.02. The molecule has 1 aliphatic heterocycles. The van der Waals surface area contributed by atoms with E-state index in [9.17, 15) is 9.59 Å². The van der Waals surface area contributed by atoms with Crippen LogP contribution in [0.25, 0.3) is 0 Å². The van der Waals surface area contributed by atoms with Gasteiger partial charge in [-0.15, -0.1) is 0 Å². The van der Waals surface area contributed by atoms with Crippen LogP contribution in [0.4, 0.5) is 4.79 Å². The van der Waals surface area contributed by atoms with Gasteiger partial charge < -0.3 is 20.2 Å². The van der Waals surface area contributed by atoms with Crippen LogP contribution in [0.5, 0.6) is 0 Å². The number of carbonyl (C=O) groups excluding carboxylic acids is 1. The summed E-state index contributed by atoms with van der Waals surface area (Å²) in [6.45, 7) is 2.50. The van der Waals surface area contributed by atoms with Gasteiger partial charge in [-0.25, -0.2) is 4.79 Å². The standard InChI is InChI=1S/C11H21N3O3/c1-13-5-3-9(4-6-13)8-14(2)11(17)12-7-10(15)16/h9H,3-8H2,1-2H3,(H,12,17)(H,15,16). The molecule has 0 radical (unpaired) electrons. The molecule has 1 fully saturated rings. The Morgan fingerprint density at radius 2 is 2.00 bits per heavy atom. The molecule has 0 unspecified atom stereocenters. The number of nitrogens with one attached hydrogen (secondary N) is 1. The fourth-order valence-corrected chi connectivity index (χ4v) is 2.00. The van der Waals surface area contributed by atoms with Crippen molar-refractivity contribution in [2.75, 3.05) is 40.3 Å². The van der Waals surface area contributed by atoms with E-state index in [1.54, 1.807) is 11.9 Å². The SMILES string of the molecule is CN1CCC(CN(C)C(=O)NCC(=O)O)CC1. The maximum atomic E-state index is 11.5. The van der Waals surface area contributed by atoms with Crippen molar-refractivity contribution in [3.8, 4) is 0 Å². The highest BCUT2D eigenvalue weighted by Crippen LogP contribution is 2.16. The second-order valence-electron chi connectivity index (χ2n) is 4.68. The number of nitrogens with zero attached hydrogens (tertiary/aromatic N) is 2. The highest BCUT2D eigenvalue weighted by Gasteiger charge is 2.20. The highest BCUT2D eigenvalue weighted by atomic mass is 16.4. The zero-order chi connectivity index (χ0) is 12.8. The quantitative estimate of drug-likeness (QED) is 0.732. The first-order valence-corrected chi connectivity index (χ1v) is 5.88. The van der Waals surface area contributed by atoms with Gasteiger partial charge in [0.15, 0.2) is 0 Å². The number of amides is 2. The number of urea groups is 1. The zero-order valence-corrected chi connectivity index (χ0v) is 10.5. The Morgan fingerprint density at radius 3 is 2.53 bits per heavy atom. The van der Waals surface area contributed by atoms with Gasteiger partial charge in [0.05, 0.1) is 0 Å². The first-order valence-electron chi connectivity index (χ1n) is 5.88. The Kier molecular flexibility index (Phi) is 5.21. The van der Waals surface area contributed by atoms with Gasteiger partial charge in [0, 0.05) is 13.6 Å². The summed E-state index contributed by atoms with van der Waals surface area (Å²) in [7, 11) is 3.80. The van der Waals surface area contributed by atoms with Gasteiger partial charge in [0.2, 0.25) is 0 Å². The molecule has 0 aliphatic carbocycles. The van der Waals surface area contributed by atoms with E-state index >= 15 is 0 Å². The molecule has 0 atom stereocenters. The summed E-state index contributed by atoms with van der Waals surface area (Å²) >= 11 is 0. The maximum Gasteiger partial charge on any atom is 0.323 e. The van der Waals surface area contributed by atoms with E-state index in [0.29, 0.717) is 12.5 Å². The normalized spacial score (nSPS) is 17.8. The molecule has 0 bridgehead atoms. The molecule has 0 aromatic carbocycles. The van der Waals surface area contributed by atoms with Gasteiger partial charge >= 0.3 is 12.0 Å². The predicted molar refractivity (Wildman–Crippen MR) is 63.9 cm³/mol. The monoisotopic (exact) mass is 243 g/mol. The highest BCUT2D eigenvalue weighted by molar-refractivity contribution is 5.79. The molecule has 6 nitrogen and oxygen atoms in total. The summed E-state index contributed by atoms with van der Waals surface area (Å²) in [4.78, 5) is 25.7. The minimum Gasteiger partial charge on any atom is -0.480 e. The number of aliphatic carboxylic acids is 1. The lowest BCUT2D eigenvalue weighted by Crippen LogP contribution is -2.43. The van der Waals surface area contributed by atoms with Crippen LogP contribution in [-0.2, 0) is 4.79 Å². The number of carboxylic acids is 1. The van der Waals surface area contributed by atoms with E-state index in [1.165, 1.54) is 0 Å². The average molecular weight is 243 g/mol. The lowest BCUT2D eigenvalue weighted by molar-refractivity contribution is -0.135. The second-order valence-corrected chi connectivity index (χ2v) is 4.68. The van der Waals surface area contributed by atoms with Crippen LogP contribution in [0.1, 0.15) is 12.8 Å². The van der Waals surface area contributed by atoms with Crippen molar-refractivity contribution in [2.45, 2.75) is 12.8 Å². The summed E-state index contributed by atoms with van der Waals surface area (Å²) in [5, 5.41) is 10.8. The molecule has 0 aromatic rings. The lowest BCUT2D eigenvalue weighted by Gasteiger charge is -2.31. The summed E-state index contributed by atoms with van der Waals surface area (Å²) in [6.07, 6.45) is 2.18. The van der Waals surface area contributed by atoms with E-state index in [0.717, 1.165) is 25.9 Å². The number of likely N-dealkylation sites (tertiary alicyclic amines) is 1. The second kappa shape index (κ2) is 6.44. The minimum absolute atomic E-state index is 0.314. The summed E-state index contributed by atoms with van der Waals surface area (Å²) in [5.41, 5.74) is 0. The smallest absolute Gasteiger partial charge is 0.323 e. The molecule has 0 saturated carbocycles. The molecule has 0 spiro atoms. The van der Waals surface area contributed by atoms with Crippen LogP contribution < -0.4 is 5.32 Å². The van der Waals surface area contributed by atoms with Crippen LogP contribution in [0.15, 0.2) is 0 Å². The fraction of sp³-hybridized carbons (Fsp3) is 0.818. The topological polar surface area (TPSA) is 72.9 Å². The van der Waals surface area contributed by atoms with E-state index in [1.807, 2.05) is 0 Å². The largest absolute Gasteiger partial charge is 0.480 e. The Balaban J connectivity index is 2.25. The molecule has 1 aliphatic rings. The Morgan fingerprint density at radius 1 is 1.41 bits per heavy atom. The van der Waals surface area contributed by atoms with Crippen LogP contribution in [-0.4, -0.2) is 67.2 Å². The summed E-state index contributed by atoms with van der Waals surface area (Å²) in [5.74, 6) is -0.502. The number of carbonyl (C=O) groups is 2. The third-order valence-electron chi connectivity index (χ3n) is 3.11. The summed E-state index contributed by atoms with van der Waals surface area (Å²) < 4.78 is 0. The van der Waals surface area contributed by atoms with Crippen molar-refractivity contribution in [1.29, 1.82) is 0 Å². The van der Waals surface area contributed by atoms with Crippen LogP contribution in [0.3, 0.4) is 0 Å².